The molecule has 0 spiro atoms. The zero-order valence-corrected chi connectivity index (χ0v) is 10.1. The molecular formula is C11H16N2O2S. The molecular weight excluding hydrogens is 224 g/mol. The molecule has 1 aliphatic carbocycles. The van der Waals surface area contributed by atoms with Crippen molar-refractivity contribution in [2.45, 2.75) is 44.1 Å². The van der Waals surface area contributed by atoms with Crippen LogP contribution in [-0.2, 0) is 10.2 Å². The van der Waals surface area contributed by atoms with E-state index in [1.807, 2.05) is 6.92 Å². The molecule has 1 aliphatic rings. The van der Waals surface area contributed by atoms with Gasteiger partial charge in [0, 0.05) is 10.9 Å². The minimum atomic E-state index is -0.735. The SMILES string of the molecule is Cc1ncsc1C1(C(=O)O)CCC(N)CC1. The fraction of sp³-hybridized carbons (Fsp3) is 0.636. The first-order chi connectivity index (χ1) is 7.56. The van der Waals surface area contributed by atoms with E-state index in [0.29, 0.717) is 12.8 Å². The van der Waals surface area contributed by atoms with Crippen molar-refractivity contribution < 1.29 is 9.90 Å². The number of aryl methyl sites for hydroxylation is 1. The van der Waals surface area contributed by atoms with Crippen LogP contribution in [0, 0.1) is 6.92 Å². The highest BCUT2D eigenvalue weighted by molar-refractivity contribution is 7.10. The smallest absolute Gasteiger partial charge is 0.315 e. The number of carboxylic acid groups (broad SMARTS) is 1. The highest BCUT2D eigenvalue weighted by atomic mass is 32.1. The second-order valence-corrected chi connectivity index (χ2v) is 5.35. The van der Waals surface area contributed by atoms with E-state index < -0.39 is 11.4 Å². The molecule has 0 aliphatic heterocycles. The average Bonchev–Trinajstić information content (AvgIpc) is 2.66. The van der Waals surface area contributed by atoms with Gasteiger partial charge in [-0.05, 0) is 32.6 Å². The lowest BCUT2D eigenvalue weighted by Gasteiger charge is -2.35. The number of hydrogen-bond acceptors (Lipinski definition) is 4. The fourth-order valence-electron chi connectivity index (χ4n) is 2.43. The molecule has 0 atom stereocenters. The van der Waals surface area contributed by atoms with Gasteiger partial charge in [-0.2, -0.15) is 0 Å². The maximum atomic E-state index is 11.6. The van der Waals surface area contributed by atoms with Crippen LogP contribution in [-0.4, -0.2) is 22.1 Å². The lowest BCUT2D eigenvalue weighted by Crippen LogP contribution is -2.42. The number of nitrogens with zero attached hydrogens (tertiary/aromatic N) is 1. The Morgan fingerprint density at radius 1 is 1.62 bits per heavy atom. The Morgan fingerprint density at radius 3 is 2.69 bits per heavy atom. The largest absolute Gasteiger partial charge is 0.481 e. The Morgan fingerprint density at radius 2 is 2.25 bits per heavy atom. The van der Waals surface area contributed by atoms with Gasteiger partial charge in [0.1, 0.15) is 5.41 Å². The topological polar surface area (TPSA) is 76.2 Å². The third kappa shape index (κ3) is 1.74. The second-order valence-electron chi connectivity index (χ2n) is 4.49. The van der Waals surface area contributed by atoms with E-state index in [1.165, 1.54) is 11.3 Å². The van der Waals surface area contributed by atoms with Crippen molar-refractivity contribution in [3.63, 3.8) is 0 Å². The van der Waals surface area contributed by atoms with Gasteiger partial charge in [0.15, 0.2) is 0 Å². The number of nitrogens with two attached hydrogens (primary N) is 1. The molecule has 0 amide bonds. The van der Waals surface area contributed by atoms with E-state index in [9.17, 15) is 9.90 Å². The zero-order chi connectivity index (χ0) is 11.8. The Bertz CT molecular complexity index is 394. The molecule has 2 rings (SSSR count). The summed E-state index contributed by atoms with van der Waals surface area (Å²) < 4.78 is 0. The van der Waals surface area contributed by atoms with Gasteiger partial charge in [0.2, 0.25) is 0 Å². The lowest BCUT2D eigenvalue weighted by atomic mass is 9.71. The summed E-state index contributed by atoms with van der Waals surface area (Å²) in [7, 11) is 0. The van der Waals surface area contributed by atoms with Gasteiger partial charge in [-0.3, -0.25) is 4.79 Å². The molecule has 1 aromatic heterocycles. The van der Waals surface area contributed by atoms with Crippen molar-refractivity contribution in [1.82, 2.24) is 4.98 Å². The summed E-state index contributed by atoms with van der Waals surface area (Å²) in [4.78, 5) is 16.6. The zero-order valence-electron chi connectivity index (χ0n) is 9.27. The molecule has 0 radical (unpaired) electrons. The molecule has 0 unspecified atom stereocenters. The first-order valence-corrected chi connectivity index (χ1v) is 6.34. The van der Waals surface area contributed by atoms with Crippen LogP contribution in [0.2, 0.25) is 0 Å². The van der Waals surface area contributed by atoms with Crippen molar-refractivity contribution >= 4 is 17.3 Å². The van der Waals surface area contributed by atoms with Crippen LogP contribution in [0.25, 0.3) is 0 Å². The second kappa shape index (κ2) is 4.14. The minimum Gasteiger partial charge on any atom is -0.481 e. The number of carbonyl (C=O) groups is 1. The summed E-state index contributed by atoms with van der Waals surface area (Å²) in [5.74, 6) is -0.730. The first-order valence-electron chi connectivity index (χ1n) is 5.46. The van der Waals surface area contributed by atoms with Gasteiger partial charge in [-0.25, -0.2) is 4.98 Å². The molecule has 1 heterocycles. The van der Waals surface area contributed by atoms with Crippen LogP contribution >= 0.6 is 11.3 Å². The maximum Gasteiger partial charge on any atom is 0.315 e. The first kappa shape index (κ1) is 11.5. The van der Waals surface area contributed by atoms with Gasteiger partial charge in [0.25, 0.3) is 0 Å². The van der Waals surface area contributed by atoms with Gasteiger partial charge in [-0.15, -0.1) is 11.3 Å². The predicted octanol–water partition coefficient (Wildman–Crippen LogP) is 1.68. The Balaban J connectivity index is 2.37. The van der Waals surface area contributed by atoms with Crippen LogP contribution in [0.15, 0.2) is 5.51 Å². The lowest BCUT2D eigenvalue weighted by molar-refractivity contribution is -0.145. The highest BCUT2D eigenvalue weighted by Crippen LogP contribution is 2.42. The number of thiazole rings is 1. The maximum absolute atomic E-state index is 11.6. The Hall–Kier alpha value is -0.940. The summed E-state index contributed by atoms with van der Waals surface area (Å²) >= 11 is 1.45. The molecule has 3 N–H and O–H groups in total. The molecule has 5 heteroatoms. The van der Waals surface area contributed by atoms with Gasteiger partial charge >= 0.3 is 5.97 Å². The van der Waals surface area contributed by atoms with E-state index in [0.717, 1.165) is 23.4 Å². The van der Waals surface area contributed by atoms with Crippen LogP contribution in [0.4, 0.5) is 0 Å². The number of aromatic nitrogens is 1. The summed E-state index contributed by atoms with van der Waals surface area (Å²) in [5.41, 5.74) is 7.68. The molecule has 0 aromatic carbocycles. The van der Waals surface area contributed by atoms with Crippen LogP contribution < -0.4 is 5.73 Å². The number of rotatable bonds is 2. The fourth-order valence-corrected chi connectivity index (χ4v) is 3.49. The molecule has 4 nitrogen and oxygen atoms in total. The van der Waals surface area contributed by atoms with Crippen molar-refractivity contribution in [2.75, 3.05) is 0 Å². The third-order valence-corrected chi connectivity index (χ3v) is 4.61. The third-order valence-electron chi connectivity index (χ3n) is 3.47. The van der Waals surface area contributed by atoms with Gasteiger partial charge in [-0.1, -0.05) is 0 Å². The van der Waals surface area contributed by atoms with Gasteiger partial charge < -0.3 is 10.8 Å². The molecule has 88 valence electrons. The van der Waals surface area contributed by atoms with Crippen molar-refractivity contribution in [1.29, 1.82) is 0 Å². The van der Waals surface area contributed by atoms with Crippen molar-refractivity contribution in [3.05, 3.63) is 16.1 Å². The molecule has 1 aromatic rings. The Labute approximate surface area is 98.5 Å². The van der Waals surface area contributed by atoms with E-state index in [2.05, 4.69) is 4.98 Å². The van der Waals surface area contributed by atoms with Crippen LogP contribution in [0.3, 0.4) is 0 Å². The monoisotopic (exact) mass is 240 g/mol. The van der Waals surface area contributed by atoms with E-state index in [1.54, 1.807) is 5.51 Å². The number of carboxylic acids is 1. The van der Waals surface area contributed by atoms with E-state index in [4.69, 9.17) is 5.73 Å². The summed E-state index contributed by atoms with van der Waals surface area (Å²) in [6.07, 6.45) is 2.83. The number of hydrogen-bond donors (Lipinski definition) is 2. The number of aliphatic carboxylic acids is 1. The van der Waals surface area contributed by atoms with Gasteiger partial charge in [0.05, 0.1) is 11.2 Å². The molecule has 16 heavy (non-hydrogen) atoms. The predicted molar refractivity (Wildman–Crippen MR) is 62.6 cm³/mol. The summed E-state index contributed by atoms with van der Waals surface area (Å²) in [6.45, 7) is 1.88. The molecule has 1 fully saturated rings. The average molecular weight is 240 g/mol. The minimum absolute atomic E-state index is 0.153. The van der Waals surface area contributed by atoms with E-state index in [-0.39, 0.29) is 6.04 Å². The summed E-state index contributed by atoms with van der Waals surface area (Å²) in [5, 5.41) is 9.51. The van der Waals surface area contributed by atoms with Crippen LogP contribution in [0.1, 0.15) is 36.3 Å². The van der Waals surface area contributed by atoms with Crippen molar-refractivity contribution in [3.8, 4) is 0 Å². The molecule has 1 saturated carbocycles. The molecule has 0 bridgehead atoms. The highest BCUT2D eigenvalue weighted by Gasteiger charge is 2.45. The van der Waals surface area contributed by atoms with Crippen molar-refractivity contribution in [2.24, 2.45) is 5.73 Å². The Kier molecular flexibility index (Phi) is 2.99. The normalized spacial score (nSPS) is 30.2. The molecule has 0 saturated heterocycles. The standard InChI is InChI=1S/C11H16N2O2S/c1-7-9(16-6-13-7)11(10(14)15)4-2-8(12)3-5-11/h6,8H,2-5,12H2,1H3,(H,14,15). The quantitative estimate of drug-likeness (QED) is 0.824. The summed E-state index contributed by atoms with van der Waals surface area (Å²) in [6, 6.07) is 0.153. The van der Waals surface area contributed by atoms with E-state index >= 15 is 0 Å². The van der Waals surface area contributed by atoms with Crippen LogP contribution in [0.5, 0.6) is 0 Å².